The van der Waals surface area contributed by atoms with Crippen LogP contribution in [0.3, 0.4) is 0 Å². The zero-order chi connectivity index (χ0) is 9.40. The first-order valence-corrected chi connectivity index (χ1v) is 5.73. The van der Waals surface area contributed by atoms with Crippen LogP contribution in [-0.2, 0) is 4.74 Å². The third kappa shape index (κ3) is 8.37. The minimum absolute atomic E-state index is 0.202. The van der Waals surface area contributed by atoms with Crippen molar-refractivity contribution in [3.8, 4) is 0 Å². The molecule has 0 aliphatic heterocycles. The van der Waals surface area contributed by atoms with Gasteiger partial charge in [0.1, 0.15) is 0 Å². The van der Waals surface area contributed by atoms with Crippen molar-refractivity contribution >= 4 is 11.8 Å². The van der Waals surface area contributed by atoms with Gasteiger partial charge in [-0.15, -0.1) is 0 Å². The van der Waals surface area contributed by atoms with E-state index >= 15 is 0 Å². The lowest BCUT2D eigenvalue weighted by Gasteiger charge is -2.11. The highest BCUT2D eigenvalue weighted by atomic mass is 32.2. The summed E-state index contributed by atoms with van der Waals surface area (Å²) in [6, 6.07) is 0.202. The van der Waals surface area contributed by atoms with Crippen LogP contribution >= 0.6 is 11.8 Å². The molecule has 0 radical (unpaired) electrons. The number of hydrogen-bond acceptors (Lipinski definition) is 3. The molecular formula is C9H21NOS. The topological polar surface area (TPSA) is 35.2 Å². The Bertz CT molecular complexity index is 98.5. The van der Waals surface area contributed by atoms with Crippen molar-refractivity contribution in [2.75, 3.05) is 24.7 Å². The number of hydrogen-bond donors (Lipinski definition) is 1. The zero-order valence-corrected chi connectivity index (χ0v) is 9.19. The molecule has 2 nitrogen and oxygen atoms in total. The molecule has 0 aliphatic rings. The van der Waals surface area contributed by atoms with Crippen molar-refractivity contribution in [2.24, 2.45) is 11.7 Å². The summed E-state index contributed by atoms with van der Waals surface area (Å²) in [6.45, 7) is 7.90. The van der Waals surface area contributed by atoms with Crippen LogP contribution in [0.5, 0.6) is 0 Å². The smallest absolute Gasteiger partial charge is 0.0625 e. The largest absolute Gasteiger partial charge is 0.380 e. The first-order chi connectivity index (χ1) is 5.66. The van der Waals surface area contributed by atoms with Crippen LogP contribution in [0, 0.1) is 5.92 Å². The molecule has 12 heavy (non-hydrogen) atoms. The molecule has 0 aromatic carbocycles. The van der Waals surface area contributed by atoms with E-state index in [4.69, 9.17) is 10.5 Å². The summed E-state index contributed by atoms with van der Waals surface area (Å²) in [5, 5.41) is 0. The van der Waals surface area contributed by atoms with E-state index in [1.807, 2.05) is 18.7 Å². The molecule has 1 atom stereocenters. The van der Waals surface area contributed by atoms with Gasteiger partial charge in [-0.3, -0.25) is 0 Å². The molecule has 0 saturated heterocycles. The predicted octanol–water partition coefficient (Wildman–Crippen LogP) is 1.74. The summed E-state index contributed by atoms with van der Waals surface area (Å²) in [7, 11) is 0. The van der Waals surface area contributed by atoms with Crippen molar-refractivity contribution in [3.63, 3.8) is 0 Å². The molecule has 0 aromatic rings. The van der Waals surface area contributed by atoms with Crippen molar-refractivity contribution < 1.29 is 4.74 Å². The highest BCUT2D eigenvalue weighted by molar-refractivity contribution is 7.99. The molecule has 0 saturated carbocycles. The Kier molecular flexibility index (Phi) is 8.07. The predicted molar refractivity (Wildman–Crippen MR) is 56.6 cm³/mol. The fourth-order valence-electron chi connectivity index (χ4n) is 0.772. The van der Waals surface area contributed by atoms with Crippen molar-refractivity contribution in [2.45, 2.75) is 26.8 Å². The second-order valence-electron chi connectivity index (χ2n) is 3.35. The first-order valence-electron chi connectivity index (χ1n) is 4.57. The Labute approximate surface area is 80.2 Å². The molecular weight excluding hydrogens is 170 g/mol. The minimum Gasteiger partial charge on any atom is -0.380 e. The van der Waals surface area contributed by atoms with Gasteiger partial charge in [-0.05, 0) is 18.6 Å². The molecule has 0 rings (SSSR count). The van der Waals surface area contributed by atoms with E-state index in [9.17, 15) is 0 Å². The second-order valence-corrected chi connectivity index (χ2v) is 4.43. The summed E-state index contributed by atoms with van der Waals surface area (Å²) in [4.78, 5) is 0. The Balaban J connectivity index is 3.13. The van der Waals surface area contributed by atoms with Crippen LogP contribution in [-0.4, -0.2) is 30.8 Å². The first kappa shape index (κ1) is 12.3. The van der Waals surface area contributed by atoms with E-state index < -0.39 is 0 Å². The fraction of sp³-hybridized carbons (Fsp3) is 1.00. The highest BCUT2D eigenvalue weighted by Crippen LogP contribution is 2.08. The molecule has 0 amide bonds. The molecule has 3 heteroatoms. The third-order valence-electron chi connectivity index (χ3n) is 1.32. The lowest BCUT2D eigenvalue weighted by atomic mass is 10.3. The average molecular weight is 191 g/mol. The van der Waals surface area contributed by atoms with Crippen LogP contribution in [0.25, 0.3) is 0 Å². The number of ether oxygens (including phenoxy) is 1. The number of rotatable bonds is 7. The van der Waals surface area contributed by atoms with Crippen LogP contribution in [0.2, 0.25) is 0 Å². The maximum Gasteiger partial charge on any atom is 0.0625 e. The normalized spacial score (nSPS) is 13.8. The van der Waals surface area contributed by atoms with Crippen LogP contribution in [0.4, 0.5) is 0 Å². The lowest BCUT2D eigenvalue weighted by molar-refractivity contribution is 0.138. The van der Waals surface area contributed by atoms with E-state index in [0.29, 0.717) is 6.61 Å². The lowest BCUT2D eigenvalue weighted by Crippen LogP contribution is -2.29. The van der Waals surface area contributed by atoms with E-state index in [0.717, 1.165) is 18.3 Å². The van der Waals surface area contributed by atoms with Gasteiger partial charge in [0.15, 0.2) is 0 Å². The quantitative estimate of drug-likeness (QED) is 0.666. The van der Waals surface area contributed by atoms with Crippen molar-refractivity contribution in [1.29, 1.82) is 0 Å². The van der Waals surface area contributed by atoms with Crippen LogP contribution < -0.4 is 5.73 Å². The minimum atomic E-state index is 0.202. The van der Waals surface area contributed by atoms with Crippen LogP contribution in [0.1, 0.15) is 20.8 Å². The molecule has 1 unspecified atom stereocenters. The standard InChI is InChI=1S/C9H21NOS/c1-4-11-5-9(10)7-12-6-8(2)3/h8-9H,4-7,10H2,1-3H3. The van der Waals surface area contributed by atoms with E-state index in [1.165, 1.54) is 5.75 Å². The van der Waals surface area contributed by atoms with Gasteiger partial charge in [0.2, 0.25) is 0 Å². The number of nitrogens with two attached hydrogens (primary N) is 1. The molecule has 74 valence electrons. The summed E-state index contributed by atoms with van der Waals surface area (Å²) >= 11 is 1.91. The molecule has 0 aliphatic carbocycles. The van der Waals surface area contributed by atoms with E-state index in [-0.39, 0.29) is 6.04 Å². The van der Waals surface area contributed by atoms with E-state index in [2.05, 4.69) is 13.8 Å². The van der Waals surface area contributed by atoms with Gasteiger partial charge in [-0.2, -0.15) is 11.8 Å². The van der Waals surface area contributed by atoms with Gasteiger partial charge in [0.25, 0.3) is 0 Å². The Morgan fingerprint density at radius 1 is 1.33 bits per heavy atom. The molecule has 0 bridgehead atoms. The maximum atomic E-state index is 5.80. The van der Waals surface area contributed by atoms with Crippen LogP contribution in [0.15, 0.2) is 0 Å². The SMILES string of the molecule is CCOCC(N)CSCC(C)C. The Hall–Kier alpha value is 0.270. The zero-order valence-electron chi connectivity index (χ0n) is 8.38. The van der Waals surface area contributed by atoms with E-state index in [1.54, 1.807) is 0 Å². The van der Waals surface area contributed by atoms with Gasteiger partial charge >= 0.3 is 0 Å². The Morgan fingerprint density at radius 2 is 2.00 bits per heavy atom. The Morgan fingerprint density at radius 3 is 2.50 bits per heavy atom. The van der Waals surface area contributed by atoms with Crippen molar-refractivity contribution in [3.05, 3.63) is 0 Å². The molecule has 0 aromatic heterocycles. The summed E-state index contributed by atoms with van der Waals surface area (Å²) < 4.78 is 5.21. The van der Waals surface area contributed by atoms with Crippen molar-refractivity contribution in [1.82, 2.24) is 0 Å². The van der Waals surface area contributed by atoms with Gasteiger partial charge in [0.05, 0.1) is 6.61 Å². The summed E-state index contributed by atoms with van der Waals surface area (Å²) in [6.07, 6.45) is 0. The molecule has 2 N–H and O–H groups in total. The van der Waals surface area contributed by atoms with Gasteiger partial charge in [0, 0.05) is 18.4 Å². The average Bonchev–Trinajstić information content (AvgIpc) is 2.00. The highest BCUT2D eigenvalue weighted by Gasteiger charge is 2.02. The summed E-state index contributed by atoms with van der Waals surface area (Å²) in [5.41, 5.74) is 5.80. The third-order valence-corrected chi connectivity index (χ3v) is 2.89. The van der Waals surface area contributed by atoms with Gasteiger partial charge < -0.3 is 10.5 Å². The fourth-order valence-corrected chi connectivity index (χ4v) is 1.78. The van der Waals surface area contributed by atoms with Gasteiger partial charge in [-0.25, -0.2) is 0 Å². The monoisotopic (exact) mass is 191 g/mol. The molecule has 0 heterocycles. The number of thioether (sulfide) groups is 1. The molecule has 0 spiro atoms. The second kappa shape index (κ2) is 7.90. The van der Waals surface area contributed by atoms with Gasteiger partial charge in [-0.1, -0.05) is 13.8 Å². The maximum absolute atomic E-state index is 5.80. The summed E-state index contributed by atoms with van der Waals surface area (Å²) in [5.74, 6) is 2.96. The molecule has 0 fully saturated rings.